The molecule has 0 bridgehead atoms. The van der Waals surface area contributed by atoms with Crippen LogP contribution in [0.25, 0.3) is 10.2 Å². The van der Waals surface area contributed by atoms with Crippen molar-refractivity contribution >= 4 is 33.3 Å². The van der Waals surface area contributed by atoms with Gasteiger partial charge in [-0.3, -0.25) is 4.79 Å². The van der Waals surface area contributed by atoms with Gasteiger partial charge in [-0.25, -0.2) is 9.97 Å². The van der Waals surface area contributed by atoms with Gasteiger partial charge in [0.2, 0.25) is 5.91 Å². The third-order valence-corrected chi connectivity index (χ3v) is 6.00. The van der Waals surface area contributed by atoms with Crippen molar-refractivity contribution in [1.29, 1.82) is 0 Å². The maximum atomic E-state index is 12.1. The minimum atomic E-state index is 0.0518. The van der Waals surface area contributed by atoms with Gasteiger partial charge >= 0.3 is 0 Å². The van der Waals surface area contributed by atoms with E-state index in [0.717, 1.165) is 60.8 Å². The molecule has 134 valence electrons. The Labute approximate surface area is 151 Å². The fourth-order valence-electron chi connectivity index (χ4n) is 3.66. The number of aryl methyl sites for hydroxylation is 1. The number of carbonyl (C=O) groups excluding carboxylic acids is 1. The number of aromatic nitrogens is 2. The molecule has 0 radical (unpaired) electrons. The van der Waals surface area contributed by atoms with Gasteiger partial charge in [0.05, 0.1) is 17.9 Å². The molecule has 1 N–H and O–H groups in total. The standard InChI is InChI=1S/C18H24N4O2S/c1-12-20-16(15-5-9-25-18(15)21-12)22-6-2-13(3-7-22)10-19-17(23)14-4-8-24-11-14/h5,9,13-14H,2-4,6-8,10-11H2,1H3,(H,19,23). The van der Waals surface area contributed by atoms with Crippen molar-refractivity contribution in [3.63, 3.8) is 0 Å². The van der Waals surface area contributed by atoms with Gasteiger partial charge in [-0.2, -0.15) is 0 Å². The van der Waals surface area contributed by atoms with Crippen LogP contribution in [-0.2, 0) is 9.53 Å². The number of piperidine rings is 1. The number of hydrogen-bond acceptors (Lipinski definition) is 6. The molecule has 2 aromatic heterocycles. The number of carbonyl (C=O) groups is 1. The quantitative estimate of drug-likeness (QED) is 0.907. The second-order valence-corrected chi connectivity index (χ2v) is 7.86. The zero-order valence-corrected chi connectivity index (χ0v) is 15.3. The van der Waals surface area contributed by atoms with Gasteiger partial charge in [0.1, 0.15) is 16.5 Å². The Morgan fingerprint density at radius 3 is 2.96 bits per heavy atom. The highest BCUT2D eigenvalue weighted by molar-refractivity contribution is 7.16. The summed E-state index contributed by atoms with van der Waals surface area (Å²) in [6.07, 6.45) is 3.01. The van der Waals surface area contributed by atoms with Crippen LogP contribution in [0.4, 0.5) is 5.82 Å². The van der Waals surface area contributed by atoms with Crippen LogP contribution >= 0.6 is 11.3 Å². The van der Waals surface area contributed by atoms with Crippen molar-refractivity contribution in [2.24, 2.45) is 11.8 Å². The van der Waals surface area contributed by atoms with E-state index >= 15 is 0 Å². The van der Waals surface area contributed by atoms with Crippen molar-refractivity contribution in [3.05, 3.63) is 17.3 Å². The van der Waals surface area contributed by atoms with Crippen LogP contribution in [0, 0.1) is 18.8 Å². The third kappa shape index (κ3) is 3.62. The topological polar surface area (TPSA) is 67.4 Å². The molecule has 0 aliphatic carbocycles. The van der Waals surface area contributed by atoms with E-state index in [4.69, 9.17) is 4.74 Å². The Kier molecular flexibility index (Phi) is 4.85. The number of rotatable bonds is 4. The molecule has 0 aromatic carbocycles. The number of hydrogen-bond donors (Lipinski definition) is 1. The summed E-state index contributed by atoms with van der Waals surface area (Å²) in [5.41, 5.74) is 0. The average molecular weight is 360 g/mol. The summed E-state index contributed by atoms with van der Waals surface area (Å²) >= 11 is 1.67. The Morgan fingerprint density at radius 2 is 2.20 bits per heavy atom. The van der Waals surface area contributed by atoms with E-state index in [-0.39, 0.29) is 11.8 Å². The molecule has 2 aromatic rings. The maximum Gasteiger partial charge on any atom is 0.225 e. The summed E-state index contributed by atoms with van der Waals surface area (Å²) in [6, 6.07) is 2.12. The number of amides is 1. The number of fused-ring (bicyclic) bond motifs is 1. The molecule has 7 heteroatoms. The van der Waals surface area contributed by atoms with E-state index in [1.54, 1.807) is 11.3 Å². The van der Waals surface area contributed by atoms with Crippen LogP contribution in [0.5, 0.6) is 0 Å². The summed E-state index contributed by atoms with van der Waals surface area (Å²) in [7, 11) is 0. The van der Waals surface area contributed by atoms with E-state index in [1.165, 1.54) is 0 Å². The molecule has 2 aliphatic heterocycles. The largest absolute Gasteiger partial charge is 0.381 e. The SMILES string of the molecule is Cc1nc(N2CCC(CNC(=O)C3CCOC3)CC2)c2ccsc2n1. The Balaban J connectivity index is 1.33. The van der Waals surface area contributed by atoms with Crippen molar-refractivity contribution < 1.29 is 9.53 Å². The molecule has 4 rings (SSSR count). The highest BCUT2D eigenvalue weighted by Gasteiger charge is 2.26. The summed E-state index contributed by atoms with van der Waals surface area (Å²) in [4.78, 5) is 24.7. The monoisotopic (exact) mass is 360 g/mol. The van der Waals surface area contributed by atoms with E-state index in [0.29, 0.717) is 19.1 Å². The highest BCUT2D eigenvalue weighted by atomic mass is 32.1. The zero-order chi connectivity index (χ0) is 17.2. The molecule has 1 unspecified atom stereocenters. The minimum Gasteiger partial charge on any atom is -0.381 e. The fraction of sp³-hybridized carbons (Fsp3) is 0.611. The van der Waals surface area contributed by atoms with Crippen molar-refractivity contribution in [3.8, 4) is 0 Å². The van der Waals surface area contributed by atoms with E-state index in [9.17, 15) is 4.79 Å². The van der Waals surface area contributed by atoms with E-state index in [1.807, 2.05) is 6.92 Å². The summed E-state index contributed by atoms with van der Waals surface area (Å²) in [5.74, 6) is 2.65. The zero-order valence-electron chi connectivity index (χ0n) is 14.5. The lowest BCUT2D eigenvalue weighted by Gasteiger charge is -2.33. The minimum absolute atomic E-state index is 0.0518. The lowest BCUT2D eigenvalue weighted by atomic mass is 9.96. The van der Waals surface area contributed by atoms with Gasteiger partial charge in [0.25, 0.3) is 0 Å². The fourth-order valence-corrected chi connectivity index (χ4v) is 4.47. The summed E-state index contributed by atoms with van der Waals surface area (Å²) in [6.45, 7) is 5.99. The van der Waals surface area contributed by atoms with Crippen LogP contribution in [0.2, 0.25) is 0 Å². The summed E-state index contributed by atoms with van der Waals surface area (Å²) < 4.78 is 5.29. The first-order valence-electron chi connectivity index (χ1n) is 9.03. The molecule has 1 atom stereocenters. The number of nitrogens with one attached hydrogen (secondary N) is 1. The van der Waals surface area contributed by atoms with Gasteiger partial charge in [-0.05, 0) is 43.6 Å². The predicted molar refractivity (Wildman–Crippen MR) is 99.0 cm³/mol. The number of ether oxygens (including phenoxy) is 1. The molecule has 2 aliphatic rings. The molecular weight excluding hydrogens is 336 g/mol. The lowest BCUT2D eigenvalue weighted by molar-refractivity contribution is -0.125. The van der Waals surface area contributed by atoms with Crippen LogP contribution in [0.3, 0.4) is 0 Å². The molecule has 0 spiro atoms. The van der Waals surface area contributed by atoms with Crippen LogP contribution in [0.15, 0.2) is 11.4 Å². The molecule has 6 nitrogen and oxygen atoms in total. The molecular formula is C18H24N4O2S. The van der Waals surface area contributed by atoms with Gasteiger partial charge < -0.3 is 15.0 Å². The number of thiophene rings is 1. The second-order valence-electron chi connectivity index (χ2n) is 6.97. The number of anilines is 1. The Bertz CT molecular complexity index is 749. The van der Waals surface area contributed by atoms with Crippen LogP contribution < -0.4 is 10.2 Å². The molecule has 1 amide bonds. The normalized spacial score (nSPS) is 21.8. The molecule has 2 saturated heterocycles. The smallest absolute Gasteiger partial charge is 0.225 e. The van der Waals surface area contributed by atoms with Crippen molar-refractivity contribution in [2.75, 3.05) is 37.7 Å². The molecule has 2 fully saturated rings. The first kappa shape index (κ1) is 16.7. The summed E-state index contributed by atoms with van der Waals surface area (Å²) in [5, 5.41) is 6.36. The number of nitrogens with zero attached hydrogens (tertiary/aromatic N) is 3. The van der Waals surface area contributed by atoms with Crippen molar-refractivity contribution in [2.45, 2.75) is 26.2 Å². The first-order chi connectivity index (χ1) is 12.2. The van der Waals surface area contributed by atoms with Crippen molar-refractivity contribution in [1.82, 2.24) is 15.3 Å². The molecule has 4 heterocycles. The van der Waals surface area contributed by atoms with Gasteiger partial charge in [-0.1, -0.05) is 0 Å². The Hall–Kier alpha value is -1.73. The maximum absolute atomic E-state index is 12.1. The predicted octanol–water partition coefficient (Wildman–Crippen LogP) is 2.37. The van der Waals surface area contributed by atoms with Gasteiger partial charge in [0.15, 0.2) is 0 Å². The van der Waals surface area contributed by atoms with E-state index in [2.05, 4.69) is 31.6 Å². The van der Waals surface area contributed by atoms with E-state index < -0.39 is 0 Å². The van der Waals surface area contributed by atoms with Gasteiger partial charge in [0, 0.05) is 26.2 Å². The highest BCUT2D eigenvalue weighted by Crippen LogP contribution is 2.30. The molecule has 25 heavy (non-hydrogen) atoms. The third-order valence-electron chi connectivity index (χ3n) is 5.20. The van der Waals surface area contributed by atoms with Crippen LogP contribution in [-0.4, -0.2) is 48.7 Å². The first-order valence-corrected chi connectivity index (χ1v) is 9.91. The average Bonchev–Trinajstić information content (AvgIpc) is 3.31. The second kappa shape index (κ2) is 7.25. The lowest BCUT2D eigenvalue weighted by Crippen LogP contribution is -2.40. The Morgan fingerprint density at radius 1 is 1.36 bits per heavy atom. The van der Waals surface area contributed by atoms with Crippen LogP contribution in [0.1, 0.15) is 25.1 Å². The molecule has 0 saturated carbocycles. The van der Waals surface area contributed by atoms with Gasteiger partial charge in [-0.15, -0.1) is 11.3 Å².